The zero-order chi connectivity index (χ0) is 14.3. The van der Waals surface area contributed by atoms with E-state index in [4.69, 9.17) is 0 Å². The second-order valence-corrected chi connectivity index (χ2v) is 4.86. The summed E-state index contributed by atoms with van der Waals surface area (Å²) in [5.41, 5.74) is 2.16. The lowest BCUT2D eigenvalue weighted by molar-refractivity contribution is -0.121. The Labute approximate surface area is 115 Å². The van der Waals surface area contributed by atoms with Crippen molar-refractivity contribution in [3.63, 3.8) is 0 Å². The first-order valence-corrected chi connectivity index (χ1v) is 6.88. The number of nitrogens with one attached hydrogen (secondary N) is 1. The van der Waals surface area contributed by atoms with Crippen LogP contribution in [0.2, 0.25) is 0 Å². The Morgan fingerprint density at radius 3 is 2.42 bits per heavy atom. The van der Waals surface area contributed by atoms with Crippen molar-refractivity contribution in [1.82, 2.24) is 5.32 Å². The van der Waals surface area contributed by atoms with Crippen LogP contribution in [0.25, 0.3) is 0 Å². The molecule has 0 spiro atoms. The average molecular weight is 258 g/mol. The van der Waals surface area contributed by atoms with Crippen LogP contribution in [-0.2, 0) is 11.2 Å². The third-order valence-electron chi connectivity index (χ3n) is 3.36. The number of nitrogens with zero attached hydrogens (tertiary/aromatic N) is 1. The number of benzene rings is 1. The molecule has 1 aromatic carbocycles. The monoisotopic (exact) mass is 258 g/mol. The van der Waals surface area contributed by atoms with Gasteiger partial charge < -0.3 is 5.32 Å². The van der Waals surface area contributed by atoms with Gasteiger partial charge in [-0.1, -0.05) is 38.1 Å². The summed E-state index contributed by atoms with van der Waals surface area (Å²) in [4.78, 5) is 11.8. The summed E-state index contributed by atoms with van der Waals surface area (Å²) in [6, 6.07) is 10.3. The molecule has 0 bridgehead atoms. The van der Waals surface area contributed by atoms with E-state index in [-0.39, 0.29) is 24.3 Å². The number of carbonyl (C=O) groups excluding carboxylic acids is 1. The molecule has 0 aliphatic rings. The van der Waals surface area contributed by atoms with Gasteiger partial charge in [-0.05, 0) is 30.9 Å². The van der Waals surface area contributed by atoms with Gasteiger partial charge in [0.05, 0.1) is 12.0 Å². The average Bonchev–Trinajstić information content (AvgIpc) is 2.44. The van der Waals surface area contributed by atoms with Crippen LogP contribution in [0.4, 0.5) is 0 Å². The van der Waals surface area contributed by atoms with Gasteiger partial charge in [-0.3, -0.25) is 4.79 Å². The molecule has 0 saturated heterocycles. The predicted molar refractivity (Wildman–Crippen MR) is 76.7 cm³/mol. The van der Waals surface area contributed by atoms with E-state index in [0.717, 1.165) is 18.4 Å². The highest BCUT2D eigenvalue weighted by Crippen LogP contribution is 2.19. The Kier molecular flexibility index (Phi) is 6.08. The van der Waals surface area contributed by atoms with Gasteiger partial charge in [0.2, 0.25) is 5.91 Å². The summed E-state index contributed by atoms with van der Waals surface area (Å²) in [6.07, 6.45) is 2.10. The topological polar surface area (TPSA) is 52.9 Å². The van der Waals surface area contributed by atoms with Gasteiger partial charge >= 0.3 is 0 Å². The second kappa shape index (κ2) is 7.58. The molecule has 1 amide bonds. The highest BCUT2D eigenvalue weighted by atomic mass is 16.1. The van der Waals surface area contributed by atoms with Crippen molar-refractivity contribution in [2.45, 2.75) is 52.0 Å². The van der Waals surface area contributed by atoms with Gasteiger partial charge in [-0.2, -0.15) is 5.26 Å². The van der Waals surface area contributed by atoms with Crippen LogP contribution in [0.1, 0.15) is 50.7 Å². The quantitative estimate of drug-likeness (QED) is 0.852. The molecule has 19 heavy (non-hydrogen) atoms. The highest BCUT2D eigenvalue weighted by molar-refractivity contribution is 5.77. The lowest BCUT2D eigenvalue weighted by Crippen LogP contribution is -2.32. The van der Waals surface area contributed by atoms with Gasteiger partial charge in [0.25, 0.3) is 0 Å². The Hall–Kier alpha value is -1.82. The molecule has 1 N–H and O–H groups in total. The summed E-state index contributed by atoms with van der Waals surface area (Å²) >= 11 is 0. The lowest BCUT2D eigenvalue weighted by Gasteiger charge is -2.14. The minimum atomic E-state index is -0.366. The molecule has 102 valence electrons. The molecule has 0 radical (unpaired) electrons. The van der Waals surface area contributed by atoms with Crippen LogP contribution < -0.4 is 5.32 Å². The zero-order valence-electron chi connectivity index (χ0n) is 11.9. The van der Waals surface area contributed by atoms with Crippen LogP contribution in [0, 0.1) is 11.3 Å². The molecular formula is C16H22N2O. The van der Waals surface area contributed by atoms with E-state index in [0.29, 0.717) is 0 Å². The third kappa shape index (κ3) is 4.75. The van der Waals surface area contributed by atoms with Crippen LogP contribution in [0.15, 0.2) is 24.3 Å². The van der Waals surface area contributed by atoms with Gasteiger partial charge in [-0.15, -0.1) is 0 Å². The molecule has 3 heteroatoms. The lowest BCUT2D eigenvalue weighted by atomic mass is 9.95. The van der Waals surface area contributed by atoms with E-state index >= 15 is 0 Å². The Morgan fingerprint density at radius 2 is 1.95 bits per heavy atom. The molecule has 0 saturated carbocycles. The summed E-state index contributed by atoms with van der Waals surface area (Å²) in [7, 11) is 0. The maximum atomic E-state index is 11.8. The normalized spacial score (nSPS) is 13.4. The summed E-state index contributed by atoms with van der Waals surface area (Å²) < 4.78 is 0. The van der Waals surface area contributed by atoms with Crippen LogP contribution in [0.5, 0.6) is 0 Å². The molecule has 0 aromatic heterocycles. The molecule has 2 atom stereocenters. The number of aryl methyl sites for hydroxylation is 1. The first-order chi connectivity index (χ1) is 9.10. The molecule has 3 nitrogen and oxygen atoms in total. The zero-order valence-corrected chi connectivity index (χ0v) is 11.9. The standard InChI is InChI=1S/C16H22N2O/c1-4-12(3)18-16(19)10-15(11-17)14-8-6-13(5-2)7-9-14/h6-9,12,15H,4-5,10H2,1-3H3,(H,18,19). The van der Waals surface area contributed by atoms with E-state index in [1.54, 1.807) is 0 Å². The van der Waals surface area contributed by atoms with Gasteiger partial charge in [-0.25, -0.2) is 0 Å². The van der Waals surface area contributed by atoms with Crippen molar-refractivity contribution in [2.24, 2.45) is 0 Å². The van der Waals surface area contributed by atoms with Gasteiger partial charge in [0.1, 0.15) is 0 Å². The van der Waals surface area contributed by atoms with Gasteiger partial charge in [0, 0.05) is 12.5 Å². The molecule has 1 aromatic rings. The summed E-state index contributed by atoms with van der Waals surface area (Å²) in [5.74, 6) is -0.421. The summed E-state index contributed by atoms with van der Waals surface area (Å²) in [5, 5.41) is 12.1. The third-order valence-corrected chi connectivity index (χ3v) is 3.36. The SMILES string of the molecule is CCc1ccc(C(C#N)CC(=O)NC(C)CC)cc1. The fourth-order valence-corrected chi connectivity index (χ4v) is 1.84. The fourth-order valence-electron chi connectivity index (χ4n) is 1.84. The maximum Gasteiger partial charge on any atom is 0.221 e. The number of amides is 1. The predicted octanol–water partition coefficient (Wildman–Crippen LogP) is 3.16. The minimum absolute atomic E-state index is 0.0551. The molecule has 0 aliphatic heterocycles. The van der Waals surface area contributed by atoms with Crippen molar-refractivity contribution in [1.29, 1.82) is 5.26 Å². The first kappa shape index (κ1) is 15.2. The molecule has 0 aliphatic carbocycles. The Morgan fingerprint density at radius 1 is 1.32 bits per heavy atom. The van der Waals surface area contributed by atoms with E-state index < -0.39 is 0 Å². The molecule has 0 heterocycles. The van der Waals surface area contributed by atoms with Crippen molar-refractivity contribution in [2.75, 3.05) is 0 Å². The number of carbonyl (C=O) groups is 1. The van der Waals surface area contributed by atoms with E-state index in [1.807, 2.05) is 38.1 Å². The Balaban J connectivity index is 2.67. The van der Waals surface area contributed by atoms with Gasteiger partial charge in [0.15, 0.2) is 0 Å². The van der Waals surface area contributed by atoms with E-state index in [1.165, 1.54) is 5.56 Å². The maximum absolute atomic E-state index is 11.8. The largest absolute Gasteiger partial charge is 0.354 e. The van der Waals surface area contributed by atoms with Crippen LogP contribution in [-0.4, -0.2) is 11.9 Å². The second-order valence-electron chi connectivity index (χ2n) is 4.86. The number of nitriles is 1. The molecule has 0 fully saturated rings. The molecule has 1 rings (SSSR count). The van der Waals surface area contributed by atoms with Crippen LogP contribution >= 0.6 is 0 Å². The van der Waals surface area contributed by atoms with Crippen molar-refractivity contribution in [3.05, 3.63) is 35.4 Å². The van der Waals surface area contributed by atoms with Crippen molar-refractivity contribution >= 4 is 5.91 Å². The number of hydrogen-bond donors (Lipinski definition) is 1. The highest BCUT2D eigenvalue weighted by Gasteiger charge is 2.16. The molecule has 2 unspecified atom stereocenters. The summed E-state index contributed by atoms with van der Waals surface area (Å²) in [6.45, 7) is 6.09. The number of hydrogen-bond acceptors (Lipinski definition) is 2. The molecular weight excluding hydrogens is 236 g/mol. The van der Waals surface area contributed by atoms with E-state index in [2.05, 4.69) is 18.3 Å². The number of rotatable bonds is 6. The smallest absolute Gasteiger partial charge is 0.221 e. The minimum Gasteiger partial charge on any atom is -0.354 e. The van der Waals surface area contributed by atoms with Crippen molar-refractivity contribution in [3.8, 4) is 6.07 Å². The fraction of sp³-hybridized carbons (Fsp3) is 0.500. The first-order valence-electron chi connectivity index (χ1n) is 6.88. The van der Waals surface area contributed by atoms with Crippen LogP contribution in [0.3, 0.4) is 0 Å². The van der Waals surface area contributed by atoms with E-state index in [9.17, 15) is 10.1 Å². The van der Waals surface area contributed by atoms with Crippen molar-refractivity contribution < 1.29 is 4.79 Å². The Bertz CT molecular complexity index is 445.